The maximum atomic E-state index is 12.5. The Morgan fingerprint density at radius 3 is 2.52 bits per heavy atom. The van der Waals surface area contributed by atoms with Crippen LogP contribution in [-0.4, -0.2) is 34.1 Å². The third kappa shape index (κ3) is 3.11. The van der Waals surface area contributed by atoms with Gasteiger partial charge in [0, 0.05) is 18.8 Å². The van der Waals surface area contributed by atoms with Crippen LogP contribution in [0.4, 0.5) is 0 Å². The van der Waals surface area contributed by atoms with Gasteiger partial charge in [0.2, 0.25) is 5.78 Å². The van der Waals surface area contributed by atoms with Gasteiger partial charge >= 0.3 is 11.7 Å². The largest absolute Gasteiger partial charge is 0.453 e. The lowest BCUT2D eigenvalue weighted by Gasteiger charge is -2.60. The van der Waals surface area contributed by atoms with E-state index in [1.165, 1.54) is 6.92 Å². The van der Waals surface area contributed by atoms with E-state index >= 15 is 0 Å². The van der Waals surface area contributed by atoms with Crippen molar-refractivity contribution in [3.8, 4) is 0 Å². The van der Waals surface area contributed by atoms with Gasteiger partial charge in [-0.2, -0.15) is 4.79 Å². The van der Waals surface area contributed by atoms with Gasteiger partial charge in [-0.15, -0.1) is 0 Å². The molecule has 0 saturated heterocycles. The average molecular weight is 401 g/mol. The number of hydrogen-bond acceptors (Lipinski definition) is 4. The Morgan fingerprint density at radius 2 is 1.83 bits per heavy atom. The molecule has 0 aromatic carbocycles. The van der Waals surface area contributed by atoms with Crippen LogP contribution in [-0.2, 0) is 19.1 Å². The molecule has 4 saturated carbocycles. The molecule has 4 aliphatic rings. The van der Waals surface area contributed by atoms with E-state index in [1.807, 2.05) is 0 Å². The highest BCUT2D eigenvalue weighted by Gasteiger charge is 2.60. The van der Waals surface area contributed by atoms with Crippen LogP contribution >= 0.6 is 0 Å². The Labute approximate surface area is 172 Å². The molecule has 29 heavy (non-hydrogen) atoms. The second-order valence-electron chi connectivity index (χ2n) is 10.4. The average Bonchev–Trinajstić information content (AvgIpc) is 2.97. The third-order valence-electron chi connectivity index (χ3n) is 9.23. The van der Waals surface area contributed by atoms with Gasteiger partial charge in [-0.1, -0.05) is 13.8 Å². The minimum absolute atomic E-state index is 0.0934. The van der Waals surface area contributed by atoms with E-state index in [2.05, 4.69) is 18.6 Å². The minimum Gasteiger partial charge on any atom is -0.453 e. The molecule has 4 rings (SSSR count). The number of hydrogen-bond donors (Lipinski definition) is 0. The number of esters is 1. The van der Waals surface area contributed by atoms with E-state index < -0.39 is 17.5 Å². The zero-order valence-corrected chi connectivity index (χ0v) is 17.8. The topological polar surface area (TPSA) is 96.8 Å². The second-order valence-corrected chi connectivity index (χ2v) is 10.4. The van der Waals surface area contributed by atoms with Crippen LogP contribution in [0.3, 0.4) is 0 Å². The van der Waals surface area contributed by atoms with E-state index in [0.717, 1.165) is 57.8 Å². The molecule has 0 N–H and O–H groups in total. The van der Waals surface area contributed by atoms with Gasteiger partial charge in [0.05, 0.1) is 0 Å². The molecule has 0 aromatic rings. The predicted octanol–water partition coefficient (Wildman–Crippen LogP) is 3.77. The van der Waals surface area contributed by atoms with E-state index in [9.17, 15) is 14.4 Å². The Balaban J connectivity index is 1.47. The van der Waals surface area contributed by atoms with Crippen molar-refractivity contribution in [2.75, 3.05) is 0 Å². The highest BCUT2D eigenvalue weighted by molar-refractivity contribution is 6.61. The number of Topliss-reactive ketones (excluding diaryl/α,β-unsaturated/α-hetero) is 2. The molecule has 6 heteroatoms. The van der Waals surface area contributed by atoms with Gasteiger partial charge in [-0.25, -0.2) is 4.79 Å². The molecular formula is C23H32N2O4. The highest BCUT2D eigenvalue weighted by atomic mass is 16.5. The first kappa shape index (κ1) is 20.5. The number of ether oxygens (including phenoxy) is 1. The summed E-state index contributed by atoms with van der Waals surface area (Å²) in [7, 11) is 0. The fourth-order valence-electron chi connectivity index (χ4n) is 7.56. The molecule has 0 unspecified atom stereocenters. The van der Waals surface area contributed by atoms with E-state index in [1.54, 1.807) is 0 Å². The summed E-state index contributed by atoms with van der Waals surface area (Å²) in [5, 5.41) is 0. The lowest BCUT2D eigenvalue weighted by molar-refractivity contribution is -0.159. The first-order chi connectivity index (χ1) is 13.7. The highest BCUT2D eigenvalue weighted by Crippen LogP contribution is 2.65. The number of nitrogens with zero attached hydrogens (tertiary/aromatic N) is 2. The summed E-state index contributed by atoms with van der Waals surface area (Å²) >= 11 is 0. The number of ketones is 2. The molecule has 0 bridgehead atoms. The SMILES string of the molecule is CC(=O)C(=[N+]=[N-])C(=O)O[C@H]1CC[C@@]2(C)[C@@H](CC[C@@H]3[C@@H]2CC[C@]2(C)C(=O)CC[C@@H]32)C1. The van der Waals surface area contributed by atoms with Crippen LogP contribution in [0.5, 0.6) is 0 Å². The van der Waals surface area contributed by atoms with E-state index in [4.69, 9.17) is 10.3 Å². The molecule has 0 amide bonds. The third-order valence-corrected chi connectivity index (χ3v) is 9.23. The van der Waals surface area contributed by atoms with Crippen molar-refractivity contribution >= 4 is 23.2 Å². The number of carbonyl (C=O) groups is 3. The fourth-order valence-corrected chi connectivity index (χ4v) is 7.56. The molecule has 158 valence electrons. The van der Waals surface area contributed by atoms with Crippen LogP contribution in [0.1, 0.15) is 78.6 Å². The second kappa shape index (κ2) is 7.16. The molecular weight excluding hydrogens is 368 g/mol. The molecule has 0 spiro atoms. The summed E-state index contributed by atoms with van der Waals surface area (Å²) in [6, 6.07) is 0. The maximum Gasteiger partial charge on any atom is 0.441 e. The Kier molecular flexibility index (Phi) is 5.05. The molecule has 4 aliphatic carbocycles. The van der Waals surface area contributed by atoms with Crippen molar-refractivity contribution in [3.63, 3.8) is 0 Å². The molecule has 4 fully saturated rings. The van der Waals surface area contributed by atoms with Gasteiger partial charge in [0.15, 0.2) is 0 Å². The van der Waals surface area contributed by atoms with Crippen molar-refractivity contribution in [2.24, 2.45) is 34.5 Å². The molecule has 0 aromatic heterocycles. The summed E-state index contributed by atoms with van der Waals surface area (Å²) in [5.74, 6) is 1.40. The summed E-state index contributed by atoms with van der Waals surface area (Å²) in [5.41, 5.74) is 8.52. The molecule has 6 nitrogen and oxygen atoms in total. The lowest BCUT2D eigenvalue weighted by atomic mass is 9.45. The normalized spacial score (nSPS) is 43.4. The summed E-state index contributed by atoms with van der Waals surface area (Å²) in [6.45, 7) is 5.82. The first-order valence-corrected chi connectivity index (χ1v) is 11.2. The molecule has 0 radical (unpaired) electrons. The summed E-state index contributed by atoms with van der Waals surface area (Å²) in [6.07, 6.45) is 8.60. The van der Waals surface area contributed by atoms with Crippen LogP contribution in [0.25, 0.3) is 5.53 Å². The molecule has 0 aliphatic heterocycles. The standard InChI is InChI=1S/C23H32N2O4/c1-13(26)20(25-24)21(28)29-15-8-10-22(2)14(12-15)4-5-16-17-6-7-19(27)23(17,3)11-9-18(16)22/h14-18H,4-12H2,1-3H3/t14-,15-,16-,17-,18-,22-,23-/m0/s1. The number of rotatable bonds is 3. The summed E-state index contributed by atoms with van der Waals surface area (Å²) < 4.78 is 5.54. The van der Waals surface area contributed by atoms with Gasteiger partial charge in [-0.05, 0) is 80.5 Å². The van der Waals surface area contributed by atoms with Gasteiger partial charge in [0.1, 0.15) is 11.9 Å². The van der Waals surface area contributed by atoms with Gasteiger partial charge < -0.3 is 10.3 Å². The predicted molar refractivity (Wildman–Crippen MR) is 106 cm³/mol. The zero-order chi connectivity index (χ0) is 21.0. The fraction of sp³-hybridized carbons (Fsp3) is 0.826. The van der Waals surface area contributed by atoms with Crippen LogP contribution in [0.2, 0.25) is 0 Å². The first-order valence-electron chi connectivity index (χ1n) is 11.2. The van der Waals surface area contributed by atoms with Crippen molar-refractivity contribution in [1.29, 1.82) is 0 Å². The Hall–Kier alpha value is -1.81. The van der Waals surface area contributed by atoms with E-state index in [0.29, 0.717) is 29.5 Å². The molecule has 0 heterocycles. The molecule has 7 atom stereocenters. The van der Waals surface area contributed by atoms with E-state index in [-0.39, 0.29) is 16.9 Å². The van der Waals surface area contributed by atoms with Crippen molar-refractivity contribution in [1.82, 2.24) is 0 Å². The Morgan fingerprint density at radius 1 is 1.07 bits per heavy atom. The van der Waals surface area contributed by atoms with Crippen molar-refractivity contribution in [3.05, 3.63) is 5.53 Å². The van der Waals surface area contributed by atoms with Gasteiger partial charge in [0.25, 0.3) is 0 Å². The monoisotopic (exact) mass is 400 g/mol. The van der Waals surface area contributed by atoms with Crippen molar-refractivity contribution < 1.29 is 23.9 Å². The zero-order valence-electron chi connectivity index (χ0n) is 17.8. The lowest BCUT2D eigenvalue weighted by Crippen LogP contribution is -2.54. The number of carbonyl (C=O) groups excluding carboxylic acids is 3. The smallest absolute Gasteiger partial charge is 0.441 e. The number of fused-ring (bicyclic) bond motifs is 5. The maximum absolute atomic E-state index is 12.5. The minimum atomic E-state index is -0.819. The summed E-state index contributed by atoms with van der Waals surface area (Å²) in [4.78, 5) is 38.9. The quantitative estimate of drug-likeness (QED) is 0.237. The van der Waals surface area contributed by atoms with Gasteiger partial charge in [-0.3, -0.25) is 9.59 Å². The van der Waals surface area contributed by atoms with Crippen molar-refractivity contribution in [2.45, 2.75) is 84.7 Å². The Bertz CT molecular complexity index is 801. The van der Waals surface area contributed by atoms with Crippen LogP contribution < -0.4 is 0 Å². The van der Waals surface area contributed by atoms with Crippen LogP contribution in [0.15, 0.2) is 0 Å². The van der Waals surface area contributed by atoms with Crippen LogP contribution in [0, 0.1) is 34.5 Å².